The van der Waals surface area contributed by atoms with Gasteiger partial charge in [-0.3, -0.25) is 14.5 Å². The van der Waals surface area contributed by atoms with Crippen molar-refractivity contribution in [2.45, 2.75) is 52.5 Å². The zero-order valence-electron chi connectivity index (χ0n) is 18.6. The van der Waals surface area contributed by atoms with Crippen molar-refractivity contribution in [1.82, 2.24) is 9.88 Å². The minimum atomic E-state index is -0.138. The number of aromatic nitrogens is 1. The van der Waals surface area contributed by atoms with Crippen LogP contribution >= 0.6 is 0 Å². The highest BCUT2D eigenvalue weighted by Gasteiger charge is 2.30. The molecule has 0 spiro atoms. The second kappa shape index (κ2) is 10.9. The molecule has 3 rings (SSSR count). The van der Waals surface area contributed by atoms with E-state index in [0.29, 0.717) is 30.8 Å². The lowest BCUT2D eigenvalue weighted by Crippen LogP contribution is -2.37. The molecule has 1 heterocycles. The number of amides is 2. The minimum absolute atomic E-state index is 0.0512. The van der Waals surface area contributed by atoms with Gasteiger partial charge in [-0.15, -0.1) is 0 Å². The van der Waals surface area contributed by atoms with Crippen LogP contribution < -0.4 is 15.4 Å². The Morgan fingerprint density at radius 2 is 1.84 bits per heavy atom. The number of rotatable bonds is 11. The van der Waals surface area contributed by atoms with Crippen LogP contribution in [0.25, 0.3) is 0 Å². The van der Waals surface area contributed by atoms with E-state index < -0.39 is 0 Å². The third-order valence-corrected chi connectivity index (χ3v) is 5.27. The van der Waals surface area contributed by atoms with E-state index in [-0.39, 0.29) is 24.8 Å². The maximum atomic E-state index is 12.7. The van der Waals surface area contributed by atoms with Gasteiger partial charge >= 0.3 is 0 Å². The maximum Gasteiger partial charge on any atom is 0.238 e. The predicted molar refractivity (Wildman–Crippen MR) is 122 cm³/mol. The lowest BCUT2D eigenvalue weighted by molar-refractivity contribution is -0.119. The molecule has 1 aromatic heterocycles. The number of nitrogens with zero attached hydrogens (tertiary/aromatic N) is 2. The molecule has 1 fully saturated rings. The fourth-order valence-corrected chi connectivity index (χ4v) is 3.46. The van der Waals surface area contributed by atoms with Crippen LogP contribution in [0.4, 0.5) is 11.5 Å². The van der Waals surface area contributed by atoms with Crippen molar-refractivity contribution in [2.24, 2.45) is 0 Å². The Hall–Kier alpha value is -2.93. The molecule has 0 bridgehead atoms. The number of para-hydroxylation sites is 1. The van der Waals surface area contributed by atoms with E-state index in [2.05, 4.69) is 20.5 Å². The molecule has 1 aliphatic rings. The molecular formula is C24H32N4O3. The molecule has 2 N–H and O–H groups in total. The molecular weight excluding hydrogens is 392 g/mol. The fourth-order valence-electron chi connectivity index (χ4n) is 3.46. The zero-order chi connectivity index (χ0) is 22.2. The van der Waals surface area contributed by atoms with Crippen LogP contribution in [-0.2, 0) is 9.59 Å². The van der Waals surface area contributed by atoms with Gasteiger partial charge in [0.25, 0.3) is 0 Å². The summed E-state index contributed by atoms with van der Waals surface area (Å²) in [5.74, 6) is 0.821. The third kappa shape index (κ3) is 6.79. The molecule has 0 atom stereocenters. The van der Waals surface area contributed by atoms with Crippen molar-refractivity contribution in [3.8, 4) is 5.75 Å². The summed E-state index contributed by atoms with van der Waals surface area (Å²) < 4.78 is 5.65. The van der Waals surface area contributed by atoms with Crippen LogP contribution in [0.2, 0.25) is 0 Å². The number of carbonyl (C=O) groups excluding carboxylic acids is 2. The Kier molecular flexibility index (Phi) is 8.00. The molecule has 0 unspecified atom stereocenters. The van der Waals surface area contributed by atoms with E-state index in [1.54, 1.807) is 18.3 Å². The van der Waals surface area contributed by atoms with Crippen molar-refractivity contribution in [3.63, 3.8) is 0 Å². The molecule has 0 aliphatic heterocycles. The largest absolute Gasteiger partial charge is 0.490 e. The Morgan fingerprint density at radius 3 is 2.52 bits per heavy atom. The molecule has 1 saturated carbocycles. The van der Waals surface area contributed by atoms with Crippen LogP contribution in [0.3, 0.4) is 0 Å². The number of ether oxygens (including phenoxy) is 1. The number of nitrogens with one attached hydrogen (secondary N) is 2. The van der Waals surface area contributed by atoms with Gasteiger partial charge in [-0.25, -0.2) is 4.98 Å². The first-order valence-electron chi connectivity index (χ1n) is 11.0. The topological polar surface area (TPSA) is 83.6 Å². The average molecular weight is 425 g/mol. The van der Waals surface area contributed by atoms with E-state index in [9.17, 15) is 9.59 Å². The van der Waals surface area contributed by atoms with Crippen molar-refractivity contribution in [1.29, 1.82) is 0 Å². The number of pyridine rings is 1. The first-order chi connectivity index (χ1) is 15.0. The van der Waals surface area contributed by atoms with Gasteiger partial charge in [-0.2, -0.15) is 0 Å². The average Bonchev–Trinajstić information content (AvgIpc) is 3.58. The SMILES string of the molecule is CCCOc1cccnc1NC(=O)CCN(CC(=O)Nc1c(C)cccc1C)C1CC1. The van der Waals surface area contributed by atoms with E-state index in [1.807, 2.05) is 39.0 Å². The number of carbonyl (C=O) groups is 2. The van der Waals surface area contributed by atoms with Gasteiger partial charge in [0.05, 0.1) is 13.2 Å². The van der Waals surface area contributed by atoms with Crippen molar-refractivity contribution < 1.29 is 14.3 Å². The summed E-state index contributed by atoms with van der Waals surface area (Å²) in [5, 5.41) is 5.88. The van der Waals surface area contributed by atoms with Crippen LogP contribution in [0.15, 0.2) is 36.5 Å². The fraction of sp³-hybridized carbons (Fsp3) is 0.458. The van der Waals surface area contributed by atoms with Crippen LogP contribution in [-0.4, -0.2) is 47.4 Å². The van der Waals surface area contributed by atoms with Crippen LogP contribution in [0, 0.1) is 13.8 Å². The van der Waals surface area contributed by atoms with E-state index >= 15 is 0 Å². The van der Waals surface area contributed by atoms with Crippen molar-refractivity contribution in [2.75, 3.05) is 30.3 Å². The smallest absolute Gasteiger partial charge is 0.238 e. The van der Waals surface area contributed by atoms with Crippen LogP contribution in [0.1, 0.15) is 43.7 Å². The van der Waals surface area contributed by atoms with E-state index in [0.717, 1.165) is 36.1 Å². The molecule has 31 heavy (non-hydrogen) atoms. The molecule has 0 radical (unpaired) electrons. The molecule has 1 aliphatic carbocycles. The highest BCUT2D eigenvalue weighted by molar-refractivity contribution is 5.94. The summed E-state index contributed by atoms with van der Waals surface area (Å²) in [6.07, 6.45) is 4.92. The Bertz CT molecular complexity index is 891. The number of hydrogen-bond donors (Lipinski definition) is 2. The van der Waals surface area contributed by atoms with Crippen molar-refractivity contribution >= 4 is 23.3 Å². The standard InChI is InChI=1S/C24H32N4O3/c1-4-15-31-20-9-6-13-25-24(20)27-21(29)12-14-28(19-10-11-19)16-22(30)26-23-17(2)7-5-8-18(23)3/h5-9,13,19H,4,10-12,14-16H2,1-3H3,(H,26,30)(H,25,27,29). The van der Waals surface area contributed by atoms with Gasteiger partial charge in [0.1, 0.15) is 0 Å². The maximum absolute atomic E-state index is 12.7. The molecule has 7 nitrogen and oxygen atoms in total. The summed E-state index contributed by atoms with van der Waals surface area (Å²) in [4.78, 5) is 31.5. The normalized spacial score (nSPS) is 13.2. The van der Waals surface area contributed by atoms with Gasteiger partial charge in [0.15, 0.2) is 11.6 Å². The second-order valence-corrected chi connectivity index (χ2v) is 8.01. The van der Waals surface area contributed by atoms with E-state index in [4.69, 9.17) is 4.74 Å². The summed E-state index contributed by atoms with van der Waals surface area (Å²) in [5.41, 5.74) is 2.96. The number of aryl methyl sites for hydroxylation is 2. The summed E-state index contributed by atoms with van der Waals surface area (Å²) in [6, 6.07) is 9.91. The second-order valence-electron chi connectivity index (χ2n) is 8.01. The van der Waals surface area contributed by atoms with Gasteiger partial charge in [-0.05, 0) is 56.4 Å². The number of anilines is 2. The number of hydrogen-bond acceptors (Lipinski definition) is 5. The van der Waals surface area contributed by atoms with Gasteiger partial charge in [0.2, 0.25) is 11.8 Å². The first-order valence-corrected chi connectivity index (χ1v) is 11.0. The Balaban J connectivity index is 1.53. The van der Waals surface area contributed by atoms with Gasteiger partial charge < -0.3 is 15.4 Å². The first kappa shape index (κ1) is 22.7. The highest BCUT2D eigenvalue weighted by atomic mass is 16.5. The van der Waals surface area contributed by atoms with Crippen molar-refractivity contribution in [3.05, 3.63) is 47.7 Å². The molecule has 1 aromatic carbocycles. The summed E-state index contributed by atoms with van der Waals surface area (Å²) in [6.45, 7) is 7.37. The van der Waals surface area contributed by atoms with E-state index in [1.165, 1.54) is 0 Å². The summed E-state index contributed by atoms with van der Waals surface area (Å²) >= 11 is 0. The molecule has 0 saturated heterocycles. The quantitative estimate of drug-likeness (QED) is 0.571. The zero-order valence-corrected chi connectivity index (χ0v) is 18.6. The minimum Gasteiger partial charge on any atom is -0.490 e. The Labute approximate surface area is 184 Å². The van der Waals surface area contributed by atoms with Crippen LogP contribution in [0.5, 0.6) is 5.75 Å². The monoisotopic (exact) mass is 424 g/mol. The number of benzene rings is 1. The lowest BCUT2D eigenvalue weighted by atomic mass is 10.1. The lowest BCUT2D eigenvalue weighted by Gasteiger charge is -2.22. The third-order valence-electron chi connectivity index (χ3n) is 5.27. The Morgan fingerprint density at radius 1 is 1.10 bits per heavy atom. The molecule has 166 valence electrons. The summed E-state index contributed by atoms with van der Waals surface area (Å²) in [7, 11) is 0. The highest BCUT2D eigenvalue weighted by Crippen LogP contribution is 2.27. The molecule has 2 aromatic rings. The molecule has 2 amide bonds. The predicted octanol–water partition coefficient (Wildman–Crippen LogP) is 3.92. The molecule has 7 heteroatoms. The van der Waals surface area contributed by atoms with Gasteiger partial charge in [0, 0.05) is 30.9 Å². The van der Waals surface area contributed by atoms with Gasteiger partial charge in [-0.1, -0.05) is 25.1 Å².